The fourth-order valence-corrected chi connectivity index (χ4v) is 7.18. The molecule has 0 radical (unpaired) electrons. The minimum Gasteiger partial charge on any atom is -0.507 e. The molecule has 55 heavy (non-hydrogen) atoms. The third-order valence-corrected chi connectivity index (χ3v) is 10.7. The summed E-state index contributed by atoms with van der Waals surface area (Å²) in [5.41, 5.74) is 12.4. The van der Waals surface area contributed by atoms with Crippen molar-refractivity contribution in [2.45, 2.75) is 98.3 Å². The number of rotatable bonds is 6. The molecule has 1 aromatic heterocycles. The number of oxazole rings is 1. The van der Waals surface area contributed by atoms with Crippen LogP contribution >= 0.6 is 0 Å². The van der Waals surface area contributed by atoms with Gasteiger partial charge in [0.2, 0.25) is 5.89 Å². The normalized spacial score (nSPS) is 12.8. The highest BCUT2D eigenvalue weighted by molar-refractivity contribution is 6.03. The summed E-state index contributed by atoms with van der Waals surface area (Å²) in [6.45, 7) is 24.1. The lowest BCUT2D eigenvalue weighted by molar-refractivity contribution is 0.444. The first-order valence-electron chi connectivity index (χ1n) is 19.5. The van der Waals surface area contributed by atoms with E-state index in [1.165, 1.54) is 22.3 Å². The van der Waals surface area contributed by atoms with Crippen LogP contribution < -0.4 is 0 Å². The van der Waals surface area contributed by atoms with Crippen molar-refractivity contribution in [3.8, 4) is 39.5 Å². The number of nitrogens with zero attached hydrogens (tertiary/aromatic N) is 2. The number of phenolic OH excluding ortho intramolecular Hbond substituents is 1. The van der Waals surface area contributed by atoms with Crippen LogP contribution in [0.4, 0.5) is 5.69 Å². The fourth-order valence-electron chi connectivity index (χ4n) is 7.18. The number of fused-ring (bicyclic) bond motifs is 2. The monoisotopic (exact) mass is 726 g/mol. The van der Waals surface area contributed by atoms with Crippen LogP contribution in [-0.4, -0.2) is 16.3 Å². The predicted octanol–water partition coefficient (Wildman–Crippen LogP) is 14.5. The van der Waals surface area contributed by atoms with Crippen LogP contribution in [0.2, 0.25) is 0 Å². The summed E-state index contributed by atoms with van der Waals surface area (Å²) >= 11 is 0. The zero-order valence-electron chi connectivity index (χ0n) is 34.3. The molecule has 0 amide bonds. The second-order valence-electron chi connectivity index (χ2n) is 18.4. The first-order valence-corrected chi connectivity index (χ1v) is 19.5. The number of benzene rings is 6. The van der Waals surface area contributed by atoms with Crippen molar-refractivity contribution in [3.63, 3.8) is 0 Å². The van der Waals surface area contributed by atoms with Gasteiger partial charge in [0.15, 0.2) is 5.58 Å². The number of aliphatic imine (C=N–C) groups is 1. The Balaban J connectivity index is 1.39. The second kappa shape index (κ2) is 14.0. The van der Waals surface area contributed by atoms with Gasteiger partial charge in [0.1, 0.15) is 11.3 Å². The van der Waals surface area contributed by atoms with E-state index in [1.807, 2.05) is 12.1 Å². The average Bonchev–Trinajstić information content (AvgIpc) is 3.57. The number of aromatic hydroxyl groups is 1. The number of hydrogen-bond acceptors (Lipinski definition) is 4. The van der Waals surface area contributed by atoms with Crippen molar-refractivity contribution >= 4 is 33.8 Å². The summed E-state index contributed by atoms with van der Waals surface area (Å²) in [5.74, 6) is 1.23. The third-order valence-electron chi connectivity index (χ3n) is 10.7. The molecule has 0 saturated heterocycles. The maximum Gasteiger partial charge on any atom is 0.229 e. The molecule has 0 unspecified atom stereocenters. The molecule has 6 aromatic carbocycles. The van der Waals surface area contributed by atoms with E-state index >= 15 is 0 Å². The number of aromatic nitrogens is 1. The molecule has 1 heterocycles. The van der Waals surface area contributed by atoms with E-state index in [1.54, 1.807) is 6.21 Å². The summed E-state index contributed by atoms with van der Waals surface area (Å²) in [6.07, 6.45) is 1.80. The van der Waals surface area contributed by atoms with E-state index in [0.717, 1.165) is 55.4 Å². The van der Waals surface area contributed by atoms with E-state index in [9.17, 15) is 5.11 Å². The first kappa shape index (κ1) is 37.8. The van der Waals surface area contributed by atoms with Gasteiger partial charge in [-0.1, -0.05) is 161 Å². The summed E-state index contributed by atoms with van der Waals surface area (Å²) in [6, 6.07) is 38.6. The van der Waals surface area contributed by atoms with Gasteiger partial charge in [0.05, 0.1) is 11.3 Å². The van der Waals surface area contributed by atoms with Gasteiger partial charge in [0.25, 0.3) is 0 Å². The van der Waals surface area contributed by atoms with Crippen LogP contribution in [0, 0.1) is 0 Å². The van der Waals surface area contributed by atoms with Gasteiger partial charge in [-0.25, -0.2) is 4.98 Å². The molecular formula is C51H54N2O2. The van der Waals surface area contributed by atoms with Crippen molar-refractivity contribution in [2.75, 3.05) is 0 Å². The van der Waals surface area contributed by atoms with E-state index in [-0.39, 0.29) is 22.0 Å². The molecule has 0 saturated carbocycles. The molecule has 1 N–H and O–H groups in total. The molecule has 0 aliphatic rings. The van der Waals surface area contributed by atoms with E-state index in [2.05, 4.69) is 173 Å². The molecule has 7 rings (SSSR count). The van der Waals surface area contributed by atoms with E-state index in [4.69, 9.17) is 14.4 Å². The standard InChI is InChI=1S/C51H54N2O2/c1-31(2)35-16-14-17-36(25-35)32-19-21-34(22-20-32)42-27-39(50(6,7)8)29-44-46(42)53-48(55-44)41-24-23-33-15-12-13-18-40(33)45(41)52-30-37-26-38(49(3,4)5)28-43(47(37)54)51(9,10)11/h12-31,54H,1-11H3. The lowest BCUT2D eigenvalue weighted by Gasteiger charge is -2.27. The summed E-state index contributed by atoms with van der Waals surface area (Å²) < 4.78 is 6.74. The minimum absolute atomic E-state index is 0.109. The molecule has 0 spiro atoms. The molecule has 4 nitrogen and oxygen atoms in total. The Morgan fingerprint density at radius 3 is 1.98 bits per heavy atom. The zero-order chi connectivity index (χ0) is 39.4. The summed E-state index contributed by atoms with van der Waals surface area (Å²) in [7, 11) is 0. The Morgan fingerprint density at radius 2 is 1.31 bits per heavy atom. The predicted molar refractivity (Wildman–Crippen MR) is 233 cm³/mol. The lowest BCUT2D eigenvalue weighted by Crippen LogP contribution is -2.17. The van der Waals surface area contributed by atoms with Gasteiger partial charge in [-0.05, 0) is 85.2 Å². The van der Waals surface area contributed by atoms with Gasteiger partial charge >= 0.3 is 0 Å². The first-order chi connectivity index (χ1) is 25.9. The van der Waals surface area contributed by atoms with Crippen LogP contribution in [0.15, 0.2) is 119 Å². The van der Waals surface area contributed by atoms with Crippen LogP contribution in [0.3, 0.4) is 0 Å². The Hall–Kier alpha value is -5.48. The molecule has 280 valence electrons. The smallest absolute Gasteiger partial charge is 0.229 e. The van der Waals surface area contributed by atoms with Crippen molar-refractivity contribution in [2.24, 2.45) is 4.99 Å². The van der Waals surface area contributed by atoms with Crippen LogP contribution in [0.1, 0.15) is 110 Å². The maximum atomic E-state index is 11.6. The SMILES string of the molecule is CC(C)c1cccc(-c2ccc(-c3cc(C(C)(C)C)cc4oc(-c5ccc6ccccc6c5N=Cc5cc(C(C)(C)C)cc(C(C)(C)C)c5O)nc34)cc2)c1. The van der Waals surface area contributed by atoms with Gasteiger partial charge in [-0.15, -0.1) is 0 Å². The topological polar surface area (TPSA) is 58.6 Å². The molecule has 0 bridgehead atoms. The van der Waals surface area contributed by atoms with Gasteiger partial charge < -0.3 is 9.52 Å². The highest BCUT2D eigenvalue weighted by atomic mass is 16.3. The van der Waals surface area contributed by atoms with Crippen molar-refractivity contribution < 1.29 is 9.52 Å². The molecule has 0 aliphatic heterocycles. The highest BCUT2D eigenvalue weighted by Crippen LogP contribution is 2.43. The van der Waals surface area contributed by atoms with Gasteiger partial charge in [-0.3, -0.25) is 4.99 Å². The Kier molecular flexibility index (Phi) is 9.62. The lowest BCUT2D eigenvalue weighted by atomic mass is 9.79. The second-order valence-corrected chi connectivity index (χ2v) is 18.4. The quantitative estimate of drug-likeness (QED) is 0.174. The van der Waals surface area contributed by atoms with Crippen LogP contribution in [-0.2, 0) is 16.2 Å². The van der Waals surface area contributed by atoms with Crippen LogP contribution in [0.25, 0.3) is 55.6 Å². The minimum atomic E-state index is -0.250. The Morgan fingerprint density at radius 1 is 0.636 bits per heavy atom. The van der Waals surface area contributed by atoms with E-state index < -0.39 is 0 Å². The Bertz CT molecular complexity index is 2570. The average molecular weight is 727 g/mol. The Labute approximate surface area is 327 Å². The summed E-state index contributed by atoms with van der Waals surface area (Å²) in [4.78, 5) is 10.4. The molecule has 7 aromatic rings. The van der Waals surface area contributed by atoms with Crippen LogP contribution in [0.5, 0.6) is 5.75 Å². The number of hydrogen-bond donors (Lipinski definition) is 1. The molecule has 0 aliphatic carbocycles. The van der Waals surface area contributed by atoms with E-state index in [0.29, 0.717) is 17.4 Å². The van der Waals surface area contributed by atoms with Crippen molar-refractivity contribution in [1.82, 2.24) is 4.98 Å². The summed E-state index contributed by atoms with van der Waals surface area (Å²) in [5, 5.41) is 13.7. The van der Waals surface area contributed by atoms with Crippen molar-refractivity contribution in [3.05, 3.63) is 137 Å². The van der Waals surface area contributed by atoms with Gasteiger partial charge in [0, 0.05) is 28.3 Å². The fraction of sp³-hybridized carbons (Fsp3) is 0.294. The third kappa shape index (κ3) is 7.60. The zero-order valence-corrected chi connectivity index (χ0v) is 34.3. The number of phenols is 1. The molecule has 4 heteroatoms. The molecular weight excluding hydrogens is 673 g/mol. The van der Waals surface area contributed by atoms with Crippen molar-refractivity contribution in [1.29, 1.82) is 0 Å². The molecule has 0 fully saturated rings. The maximum absolute atomic E-state index is 11.6. The molecule has 0 atom stereocenters. The largest absolute Gasteiger partial charge is 0.507 e. The van der Waals surface area contributed by atoms with Gasteiger partial charge in [-0.2, -0.15) is 0 Å². The highest BCUT2D eigenvalue weighted by Gasteiger charge is 2.26.